The zero-order valence-corrected chi connectivity index (χ0v) is 18.2. The van der Waals surface area contributed by atoms with Crippen LogP contribution in [0.4, 0.5) is 0 Å². The normalized spacial score (nSPS) is 15.4. The molecule has 1 saturated heterocycles. The molecule has 0 aliphatic carbocycles. The molecule has 1 aromatic heterocycles. The number of sulfonamides is 1. The van der Waals surface area contributed by atoms with Crippen molar-refractivity contribution in [3.05, 3.63) is 46.8 Å². The minimum Gasteiger partial charge on any atom is -0.379 e. The summed E-state index contributed by atoms with van der Waals surface area (Å²) < 4.78 is 34.3. The lowest BCUT2D eigenvalue weighted by Gasteiger charge is -2.26. The number of carbonyl (C=O) groups excluding carboxylic acids is 1. The highest BCUT2D eigenvalue weighted by Gasteiger charge is 2.32. The van der Waals surface area contributed by atoms with E-state index in [1.54, 1.807) is 25.8 Å². The van der Waals surface area contributed by atoms with E-state index < -0.39 is 10.0 Å². The summed E-state index contributed by atoms with van der Waals surface area (Å²) in [5.74, 6) is -0.130. The molecular weight excluding hydrogens is 392 g/mol. The third kappa shape index (κ3) is 4.52. The molecule has 0 spiro atoms. The lowest BCUT2D eigenvalue weighted by Crippen LogP contribution is -2.41. The summed E-state index contributed by atoms with van der Waals surface area (Å²) in [6, 6.07) is 7.92. The minimum atomic E-state index is -3.67. The first-order valence-electron chi connectivity index (χ1n) is 9.62. The highest BCUT2D eigenvalue weighted by atomic mass is 32.2. The highest BCUT2D eigenvalue weighted by Crippen LogP contribution is 2.24. The number of likely N-dealkylation sites (N-methyl/N-ethyl adjacent to an activating group) is 1. The largest absolute Gasteiger partial charge is 0.379 e. The second-order valence-corrected chi connectivity index (χ2v) is 9.23. The van der Waals surface area contributed by atoms with E-state index in [2.05, 4.69) is 5.10 Å². The van der Waals surface area contributed by atoms with Crippen molar-refractivity contribution < 1.29 is 17.9 Å². The van der Waals surface area contributed by atoms with E-state index in [1.165, 1.54) is 8.99 Å². The van der Waals surface area contributed by atoms with Gasteiger partial charge in [-0.15, -0.1) is 0 Å². The molecule has 1 fully saturated rings. The maximum absolute atomic E-state index is 13.1. The number of carbonyl (C=O) groups is 1. The van der Waals surface area contributed by atoms with Crippen molar-refractivity contribution in [2.45, 2.75) is 38.8 Å². The van der Waals surface area contributed by atoms with Gasteiger partial charge in [-0.25, -0.2) is 8.42 Å². The Labute approximate surface area is 172 Å². The van der Waals surface area contributed by atoms with Gasteiger partial charge in [0.05, 0.1) is 24.6 Å². The Morgan fingerprint density at radius 3 is 2.48 bits per heavy atom. The second kappa shape index (κ2) is 8.64. The van der Waals surface area contributed by atoms with E-state index >= 15 is 0 Å². The maximum Gasteiger partial charge on any atom is 0.246 e. The van der Waals surface area contributed by atoms with Crippen LogP contribution in [0.25, 0.3) is 0 Å². The number of amides is 1. The number of hydrogen-bond acceptors (Lipinski definition) is 5. The van der Waals surface area contributed by atoms with Gasteiger partial charge < -0.3 is 9.64 Å². The van der Waals surface area contributed by atoms with Crippen LogP contribution in [-0.4, -0.2) is 66.7 Å². The number of ether oxygens (including phenoxy) is 1. The lowest BCUT2D eigenvalue weighted by molar-refractivity contribution is -0.131. The van der Waals surface area contributed by atoms with Crippen molar-refractivity contribution in [3.63, 3.8) is 0 Å². The van der Waals surface area contributed by atoms with Crippen LogP contribution in [0.2, 0.25) is 0 Å². The quantitative estimate of drug-likeness (QED) is 0.707. The molecule has 2 aromatic rings. The van der Waals surface area contributed by atoms with Gasteiger partial charge in [-0.05, 0) is 31.9 Å². The smallest absolute Gasteiger partial charge is 0.246 e. The number of rotatable bonds is 6. The molecule has 0 radical (unpaired) electrons. The molecule has 1 aliphatic rings. The Hall–Kier alpha value is -2.23. The van der Waals surface area contributed by atoms with Gasteiger partial charge in [0, 0.05) is 26.7 Å². The summed E-state index contributed by atoms with van der Waals surface area (Å²) in [4.78, 5) is 14.6. The predicted octanol–water partition coefficient (Wildman–Crippen LogP) is 1.49. The molecule has 3 rings (SSSR count). The molecule has 29 heavy (non-hydrogen) atoms. The van der Waals surface area contributed by atoms with Crippen molar-refractivity contribution in [2.75, 3.05) is 33.4 Å². The monoisotopic (exact) mass is 420 g/mol. The van der Waals surface area contributed by atoms with Gasteiger partial charge in [0.1, 0.15) is 11.4 Å². The summed E-state index contributed by atoms with van der Waals surface area (Å²) in [6.07, 6.45) is 0. The van der Waals surface area contributed by atoms with Crippen LogP contribution < -0.4 is 0 Å². The maximum atomic E-state index is 13.1. The molecule has 0 saturated carbocycles. The number of nitrogens with zero attached hydrogens (tertiary/aromatic N) is 4. The van der Waals surface area contributed by atoms with Gasteiger partial charge in [-0.3, -0.25) is 9.48 Å². The van der Waals surface area contributed by atoms with Gasteiger partial charge >= 0.3 is 0 Å². The van der Waals surface area contributed by atoms with Gasteiger partial charge in [0.25, 0.3) is 0 Å². The van der Waals surface area contributed by atoms with Crippen LogP contribution >= 0.6 is 0 Å². The Kier molecular flexibility index (Phi) is 6.40. The first-order chi connectivity index (χ1) is 13.7. The molecule has 1 amide bonds. The summed E-state index contributed by atoms with van der Waals surface area (Å²) in [7, 11) is -1.93. The Morgan fingerprint density at radius 1 is 1.17 bits per heavy atom. The van der Waals surface area contributed by atoms with Crippen molar-refractivity contribution in [1.29, 1.82) is 0 Å². The van der Waals surface area contributed by atoms with E-state index in [9.17, 15) is 13.2 Å². The molecule has 0 N–H and O–H groups in total. The topological polar surface area (TPSA) is 84.7 Å². The van der Waals surface area contributed by atoms with Crippen molar-refractivity contribution in [3.8, 4) is 0 Å². The molecule has 9 heteroatoms. The van der Waals surface area contributed by atoms with E-state index in [0.29, 0.717) is 44.2 Å². The van der Waals surface area contributed by atoms with E-state index in [1.807, 2.05) is 31.2 Å². The molecule has 0 bridgehead atoms. The van der Waals surface area contributed by atoms with Gasteiger partial charge in [-0.2, -0.15) is 9.40 Å². The average Bonchev–Trinajstić information content (AvgIpc) is 2.98. The summed E-state index contributed by atoms with van der Waals surface area (Å²) in [5, 5.41) is 4.35. The molecule has 0 unspecified atom stereocenters. The fourth-order valence-corrected chi connectivity index (χ4v) is 5.28. The highest BCUT2D eigenvalue weighted by molar-refractivity contribution is 7.89. The number of aromatic nitrogens is 2. The summed E-state index contributed by atoms with van der Waals surface area (Å²) in [5.41, 5.74) is 3.08. The van der Waals surface area contributed by atoms with Crippen molar-refractivity contribution in [1.82, 2.24) is 19.0 Å². The molecule has 0 atom stereocenters. The van der Waals surface area contributed by atoms with Gasteiger partial charge in [0.2, 0.25) is 15.9 Å². The standard InChI is InChI=1S/C20H28N4O4S/c1-15-7-5-6-8-18(15)13-22(4)19(25)14-24-17(3)20(16(2)21-24)29(26,27)23-9-11-28-12-10-23/h5-8H,9-14H2,1-4H3. The van der Waals surface area contributed by atoms with Crippen LogP contribution in [0, 0.1) is 20.8 Å². The Bertz CT molecular complexity index is 994. The lowest BCUT2D eigenvalue weighted by atomic mass is 10.1. The number of aryl methyl sites for hydroxylation is 2. The van der Waals surface area contributed by atoms with Gasteiger partial charge in [-0.1, -0.05) is 24.3 Å². The molecule has 158 valence electrons. The summed E-state index contributed by atoms with van der Waals surface area (Å²) in [6.45, 7) is 7.27. The third-order valence-corrected chi connectivity index (χ3v) is 7.41. The van der Waals surface area contributed by atoms with Crippen LogP contribution in [-0.2, 0) is 32.6 Å². The zero-order valence-electron chi connectivity index (χ0n) is 17.4. The van der Waals surface area contributed by atoms with E-state index in [4.69, 9.17) is 4.74 Å². The summed E-state index contributed by atoms with van der Waals surface area (Å²) >= 11 is 0. The molecule has 2 heterocycles. The van der Waals surface area contributed by atoms with E-state index in [-0.39, 0.29) is 17.3 Å². The minimum absolute atomic E-state index is 0.00626. The fraction of sp³-hybridized carbons (Fsp3) is 0.500. The number of morpholine rings is 1. The molecule has 8 nitrogen and oxygen atoms in total. The molecule has 1 aliphatic heterocycles. The van der Waals surface area contributed by atoms with E-state index in [0.717, 1.165) is 11.1 Å². The molecular formula is C20H28N4O4S. The SMILES string of the molecule is Cc1ccccc1CN(C)C(=O)Cn1nc(C)c(S(=O)(=O)N2CCOCC2)c1C. The third-order valence-electron chi connectivity index (χ3n) is 5.26. The fourth-order valence-electron chi connectivity index (χ4n) is 3.50. The first-order valence-corrected chi connectivity index (χ1v) is 11.1. The van der Waals surface area contributed by atoms with Crippen LogP contribution in [0.15, 0.2) is 29.2 Å². The van der Waals surface area contributed by atoms with Crippen molar-refractivity contribution >= 4 is 15.9 Å². The van der Waals surface area contributed by atoms with Crippen LogP contribution in [0.1, 0.15) is 22.5 Å². The Morgan fingerprint density at radius 2 is 1.83 bits per heavy atom. The second-order valence-electron chi connectivity index (χ2n) is 7.35. The average molecular weight is 421 g/mol. The predicted molar refractivity (Wildman–Crippen MR) is 109 cm³/mol. The number of benzene rings is 1. The number of hydrogen-bond donors (Lipinski definition) is 0. The molecule has 1 aromatic carbocycles. The zero-order chi connectivity index (χ0) is 21.2. The van der Waals surface area contributed by atoms with Crippen LogP contribution in [0.3, 0.4) is 0 Å². The van der Waals surface area contributed by atoms with Crippen molar-refractivity contribution in [2.24, 2.45) is 0 Å². The van der Waals surface area contributed by atoms with Gasteiger partial charge in [0.15, 0.2) is 0 Å². The Balaban J connectivity index is 1.77. The van der Waals surface area contributed by atoms with Crippen LogP contribution in [0.5, 0.6) is 0 Å². The first kappa shape index (κ1) is 21.5.